The van der Waals surface area contributed by atoms with Crippen LogP contribution in [0, 0.1) is 5.92 Å². The summed E-state index contributed by atoms with van der Waals surface area (Å²) in [6.45, 7) is 8.56. The standard InChI is InChI=1S/C32H49N3O8/c1-5-40-27(36)22-35(31(39)43-32(2,3)4)20-21-41-26-16-18-34(19-17-26)29(37)28(25-14-10-7-11-15-25)33-30(38)42-23-24-12-8-6-9-13-24/h6,8-9,12-13,25-26,28H,5,7,10-11,14-23H2,1-4H3,(H,33,38)/t28-/m1/s1. The number of nitrogens with zero attached hydrogens (tertiary/aromatic N) is 2. The number of carbonyl (C=O) groups excluding carboxylic acids is 4. The molecule has 2 fully saturated rings. The summed E-state index contributed by atoms with van der Waals surface area (Å²) in [6.07, 6.45) is 5.01. The minimum Gasteiger partial charge on any atom is -0.465 e. The lowest BCUT2D eigenvalue weighted by Gasteiger charge is -2.37. The highest BCUT2D eigenvalue weighted by Gasteiger charge is 2.36. The molecule has 11 heteroatoms. The van der Waals surface area contributed by atoms with Gasteiger partial charge in [0.1, 0.15) is 24.8 Å². The van der Waals surface area contributed by atoms with E-state index in [1.807, 2.05) is 35.2 Å². The molecular weight excluding hydrogens is 554 g/mol. The topological polar surface area (TPSA) is 124 Å². The van der Waals surface area contributed by atoms with Crippen LogP contribution in [0.2, 0.25) is 0 Å². The van der Waals surface area contributed by atoms with Crippen LogP contribution in [0.4, 0.5) is 9.59 Å². The van der Waals surface area contributed by atoms with E-state index in [1.165, 1.54) is 4.90 Å². The number of alkyl carbamates (subject to hydrolysis) is 1. The third-order valence-electron chi connectivity index (χ3n) is 7.62. The Labute approximate surface area is 255 Å². The van der Waals surface area contributed by atoms with E-state index in [0.717, 1.165) is 37.7 Å². The number of piperidine rings is 1. The Balaban J connectivity index is 1.50. The van der Waals surface area contributed by atoms with Crippen molar-refractivity contribution in [2.24, 2.45) is 5.92 Å². The number of ether oxygens (including phenoxy) is 4. The fraction of sp³-hybridized carbons (Fsp3) is 0.688. The number of amides is 3. The fourth-order valence-electron chi connectivity index (χ4n) is 5.43. The van der Waals surface area contributed by atoms with Crippen molar-refractivity contribution < 1.29 is 38.1 Å². The summed E-state index contributed by atoms with van der Waals surface area (Å²) in [5.41, 5.74) is 0.183. The highest BCUT2D eigenvalue weighted by Crippen LogP contribution is 2.28. The summed E-state index contributed by atoms with van der Waals surface area (Å²) in [5.74, 6) is -0.504. The molecule has 3 rings (SSSR count). The van der Waals surface area contributed by atoms with E-state index in [0.29, 0.717) is 25.9 Å². The maximum Gasteiger partial charge on any atom is 0.410 e. The molecule has 1 saturated heterocycles. The van der Waals surface area contributed by atoms with Crippen LogP contribution in [0.5, 0.6) is 0 Å². The van der Waals surface area contributed by atoms with Crippen molar-refractivity contribution in [1.82, 2.24) is 15.1 Å². The molecule has 1 aliphatic heterocycles. The van der Waals surface area contributed by atoms with E-state index in [4.69, 9.17) is 18.9 Å². The predicted octanol–water partition coefficient (Wildman–Crippen LogP) is 4.67. The van der Waals surface area contributed by atoms with Gasteiger partial charge in [0.2, 0.25) is 5.91 Å². The van der Waals surface area contributed by atoms with Crippen LogP contribution in [0.3, 0.4) is 0 Å². The molecule has 1 saturated carbocycles. The SMILES string of the molecule is CCOC(=O)CN(CCOC1CCN(C(=O)[C@H](NC(=O)OCc2ccccc2)C2CCCCC2)CC1)C(=O)OC(C)(C)C. The largest absolute Gasteiger partial charge is 0.465 e. The summed E-state index contributed by atoms with van der Waals surface area (Å²) < 4.78 is 21.9. The van der Waals surface area contributed by atoms with Crippen molar-refractivity contribution in [1.29, 1.82) is 0 Å². The molecule has 0 unspecified atom stereocenters. The molecule has 1 N–H and O–H groups in total. The van der Waals surface area contributed by atoms with Gasteiger partial charge in [0.25, 0.3) is 0 Å². The molecule has 1 aliphatic carbocycles. The zero-order valence-corrected chi connectivity index (χ0v) is 26.2. The molecule has 2 aliphatic rings. The van der Waals surface area contributed by atoms with Crippen LogP contribution in [0.1, 0.15) is 78.2 Å². The number of esters is 1. The Hall–Kier alpha value is -3.34. The Bertz CT molecular complexity index is 1030. The summed E-state index contributed by atoms with van der Waals surface area (Å²) in [5, 5.41) is 2.89. The Morgan fingerprint density at radius 2 is 1.65 bits per heavy atom. The van der Waals surface area contributed by atoms with Crippen LogP contribution < -0.4 is 5.32 Å². The van der Waals surface area contributed by atoms with Gasteiger partial charge in [-0.25, -0.2) is 9.59 Å². The first-order chi connectivity index (χ1) is 20.6. The van der Waals surface area contributed by atoms with Gasteiger partial charge in [0, 0.05) is 19.6 Å². The minimum atomic E-state index is -0.701. The van der Waals surface area contributed by atoms with Gasteiger partial charge in [-0.2, -0.15) is 0 Å². The molecule has 0 bridgehead atoms. The molecule has 43 heavy (non-hydrogen) atoms. The van der Waals surface area contributed by atoms with Gasteiger partial charge in [-0.1, -0.05) is 49.6 Å². The van der Waals surface area contributed by atoms with E-state index in [2.05, 4.69) is 5.32 Å². The van der Waals surface area contributed by atoms with E-state index in [-0.39, 0.29) is 50.8 Å². The molecule has 11 nitrogen and oxygen atoms in total. The second kappa shape index (κ2) is 17.1. The summed E-state index contributed by atoms with van der Waals surface area (Å²) in [7, 11) is 0. The predicted molar refractivity (Wildman–Crippen MR) is 160 cm³/mol. The number of likely N-dealkylation sites (tertiary alicyclic amines) is 1. The van der Waals surface area contributed by atoms with Crippen molar-refractivity contribution in [3.8, 4) is 0 Å². The molecule has 3 amide bonds. The molecule has 0 radical (unpaired) electrons. The molecular formula is C32H49N3O8. The number of benzene rings is 1. The van der Waals surface area contributed by atoms with Crippen molar-refractivity contribution in [2.75, 3.05) is 39.4 Å². The van der Waals surface area contributed by atoms with Crippen molar-refractivity contribution in [3.05, 3.63) is 35.9 Å². The highest BCUT2D eigenvalue weighted by molar-refractivity contribution is 5.86. The Morgan fingerprint density at radius 3 is 2.28 bits per heavy atom. The van der Waals surface area contributed by atoms with Gasteiger partial charge >= 0.3 is 18.2 Å². The van der Waals surface area contributed by atoms with Gasteiger partial charge in [0.15, 0.2) is 0 Å². The second-order valence-corrected chi connectivity index (χ2v) is 12.2. The lowest BCUT2D eigenvalue weighted by Crippen LogP contribution is -2.54. The molecule has 1 aromatic rings. The first kappa shape index (κ1) is 34.2. The van der Waals surface area contributed by atoms with E-state index in [1.54, 1.807) is 27.7 Å². The van der Waals surface area contributed by atoms with E-state index in [9.17, 15) is 19.2 Å². The first-order valence-electron chi connectivity index (χ1n) is 15.6. The highest BCUT2D eigenvalue weighted by atomic mass is 16.6. The minimum absolute atomic E-state index is 0.0763. The third-order valence-corrected chi connectivity index (χ3v) is 7.62. The third kappa shape index (κ3) is 12.1. The maximum atomic E-state index is 13.7. The van der Waals surface area contributed by atoms with Crippen LogP contribution in [0.15, 0.2) is 30.3 Å². The summed E-state index contributed by atoms with van der Waals surface area (Å²) in [6, 6.07) is 8.83. The van der Waals surface area contributed by atoms with Gasteiger partial charge in [-0.05, 0) is 64.9 Å². The molecule has 1 atom stereocenters. The lowest BCUT2D eigenvalue weighted by atomic mass is 9.83. The monoisotopic (exact) mass is 603 g/mol. The zero-order chi connectivity index (χ0) is 31.2. The van der Waals surface area contributed by atoms with Crippen LogP contribution in [-0.2, 0) is 35.1 Å². The quantitative estimate of drug-likeness (QED) is 0.270. The van der Waals surface area contributed by atoms with Crippen molar-refractivity contribution >= 4 is 24.1 Å². The molecule has 1 heterocycles. The van der Waals surface area contributed by atoms with Crippen LogP contribution in [-0.4, -0.2) is 91.0 Å². The molecule has 1 aromatic carbocycles. The summed E-state index contributed by atoms with van der Waals surface area (Å²) >= 11 is 0. The van der Waals surface area contributed by atoms with Gasteiger partial charge in [-0.15, -0.1) is 0 Å². The van der Waals surface area contributed by atoms with Crippen molar-refractivity contribution in [3.63, 3.8) is 0 Å². The van der Waals surface area contributed by atoms with E-state index < -0.39 is 29.8 Å². The van der Waals surface area contributed by atoms with Crippen LogP contribution in [0.25, 0.3) is 0 Å². The van der Waals surface area contributed by atoms with Crippen LogP contribution >= 0.6 is 0 Å². The molecule has 0 spiro atoms. The van der Waals surface area contributed by atoms with Gasteiger partial charge in [-0.3, -0.25) is 14.5 Å². The molecule has 0 aromatic heterocycles. The average Bonchev–Trinajstić information content (AvgIpc) is 2.98. The second-order valence-electron chi connectivity index (χ2n) is 12.2. The number of hydrogen-bond acceptors (Lipinski definition) is 8. The van der Waals surface area contributed by atoms with Gasteiger partial charge < -0.3 is 29.2 Å². The Morgan fingerprint density at radius 1 is 0.977 bits per heavy atom. The number of nitrogens with one attached hydrogen (secondary N) is 1. The lowest BCUT2D eigenvalue weighted by molar-refractivity contribution is -0.144. The smallest absolute Gasteiger partial charge is 0.410 e. The number of carbonyl (C=O) groups is 4. The Kier molecular flexibility index (Phi) is 13.6. The molecule has 240 valence electrons. The number of hydrogen-bond donors (Lipinski definition) is 1. The first-order valence-corrected chi connectivity index (χ1v) is 15.6. The number of rotatable bonds is 12. The summed E-state index contributed by atoms with van der Waals surface area (Å²) in [4.78, 5) is 54.2. The van der Waals surface area contributed by atoms with Gasteiger partial charge in [0.05, 0.1) is 19.3 Å². The zero-order valence-electron chi connectivity index (χ0n) is 26.2. The average molecular weight is 604 g/mol. The van der Waals surface area contributed by atoms with Crippen molar-refractivity contribution in [2.45, 2.75) is 97.0 Å². The maximum absolute atomic E-state index is 13.7. The fourth-order valence-corrected chi connectivity index (χ4v) is 5.43. The normalized spacial score (nSPS) is 17.1. The van der Waals surface area contributed by atoms with E-state index >= 15 is 0 Å².